The van der Waals surface area contributed by atoms with Gasteiger partial charge in [0.15, 0.2) is 11.5 Å². The normalized spacial score (nSPS) is 17.3. The van der Waals surface area contributed by atoms with Crippen LogP contribution in [0.1, 0.15) is 24.8 Å². The summed E-state index contributed by atoms with van der Waals surface area (Å²) in [7, 11) is 1.33. The molecule has 0 aromatic heterocycles. The molecule has 0 aliphatic heterocycles. The van der Waals surface area contributed by atoms with E-state index in [1.807, 2.05) is 0 Å². The molecular weight excluding hydrogens is 209 g/mol. The Hall–Kier alpha value is -1.76. The highest BCUT2D eigenvalue weighted by atomic mass is 19.1. The van der Waals surface area contributed by atoms with Crippen molar-refractivity contribution in [2.45, 2.75) is 24.7 Å². The molecule has 1 aliphatic rings. The predicted octanol–water partition coefficient (Wildman–Crippen LogP) is 2.49. The van der Waals surface area contributed by atoms with Gasteiger partial charge in [0.2, 0.25) is 5.82 Å². The zero-order chi connectivity index (χ0) is 11.8. The van der Waals surface area contributed by atoms with Crippen LogP contribution < -0.4 is 4.74 Å². The number of nitrogens with zero attached hydrogens (tertiary/aromatic N) is 1. The first-order valence-corrected chi connectivity index (χ1v) is 5.11. The number of rotatable bonds is 2. The summed E-state index contributed by atoms with van der Waals surface area (Å²) in [5, 5.41) is 18.6. The Balaban J connectivity index is 2.51. The maximum absolute atomic E-state index is 13.3. The van der Waals surface area contributed by atoms with Crippen molar-refractivity contribution in [2.24, 2.45) is 0 Å². The van der Waals surface area contributed by atoms with Crippen LogP contribution in [0.2, 0.25) is 0 Å². The van der Waals surface area contributed by atoms with E-state index < -0.39 is 17.0 Å². The summed E-state index contributed by atoms with van der Waals surface area (Å²) in [6.07, 6.45) is 2.48. The molecule has 16 heavy (non-hydrogen) atoms. The van der Waals surface area contributed by atoms with Gasteiger partial charge in [0.25, 0.3) is 0 Å². The molecule has 0 spiro atoms. The third kappa shape index (κ3) is 1.40. The molecule has 1 aromatic carbocycles. The number of nitriles is 1. The molecule has 1 fully saturated rings. The summed E-state index contributed by atoms with van der Waals surface area (Å²) in [5.41, 5.74) is 0.0651. The van der Waals surface area contributed by atoms with E-state index >= 15 is 0 Å². The average molecular weight is 221 g/mol. The van der Waals surface area contributed by atoms with E-state index in [0.29, 0.717) is 5.56 Å². The highest BCUT2D eigenvalue weighted by molar-refractivity contribution is 5.46. The lowest BCUT2D eigenvalue weighted by Crippen LogP contribution is -2.32. The van der Waals surface area contributed by atoms with Gasteiger partial charge in [-0.25, -0.2) is 0 Å². The van der Waals surface area contributed by atoms with Gasteiger partial charge in [-0.2, -0.15) is 9.65 Å². The second kappa shape index (κ2) is 3.67. The molecule has 84 valence electrons. The van der Waals surface area contributed by atoms with Crippen LogP contribution in [0, 0.1) is 17.1 Å². The Bertz CT molecular complexity index is 461. The van der Waals surface area contributed by atoms with E-state index in [4.69, 9.17) is 10.00 Å². The lowest BCUT2D eigenvalue weighted by Gasteiger charge is -2.35. The molecule has 4 heteroatoms. The molecule has 0 saturated heterocycles. The number of halogens is 1. The van der Waals surface area contributed by atoms with E-state index in [1.54, 1.807) is 0 Å². The number of benzene rings is 1. The van der Waals surface area contributed by atoms with Gasteiger partial charge in [-0.3, -0.25) is 0 Å². The largest absolute Gasteiger partial charge is 0.505 e. The Labute approximate surface area is 93.1 Å². The fourth-order valence-corrected chi connectivity index (χ4v) is 2.00. The molecule has 3 nitrogen and oxygen atoms in total. The molecule has 1 aromatic rings. The van der Waals surface area contributed by atoms with Crippen LogP contribution in [-0.2, 0) is 5.41 Å². The molecule has 0 radical (unpaired) electrons. The SMILES string of the molecule is COc1cc(C2(C#N)CCC2)cc(O)c1F. The fraction of sp³-hybridized carbons (Fsp3) is 0.417. The molecule has 0 atom stereocenters. The van der Waals surface area contributed by atoms with Gasteiger partial charge in [0, 0.05) is 0 Å². The summed E-state index contributed by atoms with van der Waals surface area (Å²) in [5.74, 6) is -1.26. The number of ether oxygens (including phenoxy) is 1. The molecule has 0 heterocycles. The number of hydrogen-bond donors (Lipinski definition) is 1. The topological polar surface area (TPSA) is 53.2 Å². The predicted molar refractivity (Wildman–Crippen MR) is 55.8 cm³/mol. The van der Waals surface area contributed by atoms with Gasteiger partial charge < -0.3 is 9.84 Å². The van der Waals surface area contributed by atoms with Gasteiger partial charge in [-0.1, -0.05) is 0 Å². The van der Waals surface area contributed by atoms with E-state index in [9.17, 15) is 9.50 Å². The van der Waals surface area contributed by atoms with Crippen molar-refractivity contribution >= 4 is 0 Å². The molecule has 0 unspecified atom stereocenters. The van der Waals surface area contributed by atoms with Crippen molar-refractivity contribution in [1.82, 2.24) is 0 Å². The lowest BCUT2D eigenvalue weighted by atomic mass is 9.65. The van der Waals surface area contributed by atoms with Crippen molar-refractivity contribution in [1.29, 1.82) is 5.26 Å². The summed E-state index contributed by atoms with van der Waals surface area (Å²) < 4.78 is 18.2. The fourth-order valence-electron chi connectivity index (χ4n) is 2.00. The number of aromatic hydroxyl groups is 1. The number of hydrogen-bond acceptors (Lipinski definition) is 3. The summed E-state index contributed by atoms with van der Waals surface area (Å²) in [4.78, 5) is 0. The van der Waals surface area contributed by atoms with Crippen LogP contribution in [0.3, 0.4) is 0 Å². The van der Waals surface area contributed by atoms with Crippen molar-refractivity contribution < 1.29 is 14.2 Å². The number of phenols is 1. The van der Waals surface area contributed by atoms with Crippen molar-refractivity contribution in [3.8, 4) is 17.6 Å². The third-order valence-corrected chi connectivity index (χ3v) is 3.21. The number of phenolic OH excluding ortho intramolecular Hbond substituents is 1. The first kappa shape index (κ1) is 10.7. The first-order chi connectivity index (χ1) is 7.63. The minimum Gasteiger partial charge on any atom is -0.505 e. The average Bonchev–Trinajstić information content (AvgIpc) is 2.22. The van der Waals surface area contributed by atoms with Gasteiger partial charge >= 0.3 is 0 Å². The van der Waals surface area contributed by atoms with Crippen LogP contribution in [-0.4, -0.2) is 12.2 Å². The molecular formula is C12H12FNO2. The summed E-state index contributed by atoms with van der Waals surface area (Å²) in [6, 6.07) is 5.06. The minimum atomic E-state index is -0.779. The van der Waals surface area contributed by atoms with E-state index in [-0.39, 0.29) is 5.75 Å². The molecule has 0 amide bonds. The maximum atomic E-state index is 13.3. The zero-order valence-electron chi connectivity index (χ0n) is 8.96. The highest BCUT2D eigenvalue weighted by Crippen LogP contribution is 2.45. The molecule has 2 rings (SSSR count). The van der Waals surface area contributed by atoms with Crippen molar-refractivity contribution in [3.63, 3.8) is 0 Å². The van der Waals surface area contributed by atoms with Crippen LogP contribution in [0.15, 0.2) is 12.1 Å². The van der Waals surface area contributed by atoms with Gasteiger partial charge in [0.05, 0.1) is 18.6 Å². The Morgan fingerprint density at radius 3 is 2.62 bits per heavy atom. The van der Waals surface area contributed by atoms with E-state index in [0.717, 1.165) is 19.3 Å². The minimum absolute atomic E-state index is 0.0171. The standard InChI is InChI=1S/C12H12FNO2/c1-16-10-6-8(5-9(15)11(10)13)12(7-14)3-2-4-12/h5-6,15H,2-4H2,1H3. The van der Waals surface area contributed by atoms with E-state index in [1.165, 1.54) is 19.2 Å². The Kier molecular flexibility index (Phi) is 2.47. The second-order valence-corrected chi connectivity index (χ2v) is 4.06. The second-order valence-electron chi connectivity index (χ2n) is 4.06. The molecule has 1 aliphatic carbocycles. The quantitative estimate of drug-likeness (QED) is 0.834. The van der Waals surface area contributed by atoms with Gasteiger partial charge in [-0.15, -0.1) is 0 Å². The van der Waals surface area contributed by atoms with Crippen molar-refractivity contribution in [3.05, 3.63) is 23.5 Å². The zero-order valence-corrected chi connectivity index (χ0v) is 8.96. The lowest BCUT2D eigenvalue weighted by molar-refractivity contribution is 0.315. The molecule has 1 saturated carbocycles. The van der Waals surface area contributed by atoms with Gasteiger partial charge in [-0.05, 0) is 37.0 Å². The van der Waals surface area contributed by atoms with Gasteiger partial charge in [0.1, 0.15) is 0 Å². The monoisotopic (exact) mass is 221 g/mol. The molecule has 0 bridgehead atoms. The molecule has 1 N–H and O–H groups in total. The maximum Gasteiger partial charge on any atom is 0.206 e. The third-order valence-electron chi connectivity index (χ3n) is 3.21. The van der Waals surface area contributed by atoms with Crippen LogP contribution in [0.25, 0.3) is 0 Å². The van der Waals surface area contributed by atoms with Crippen LogP contribution >= 0.6 is 0 Å². The van der Waals surface area contributed by atoms with Crippen LogP contribution in [0.5, 0.6) is 11.5 Å². The first-order valence-electron chi connectivity index (χ1n) is 5.11. The smallest absolute Gasteiger partial charge is 0.206 e. The Morgan fingerprint density at radius 2 is 2.19 bits per heavy atom. The summed E-state index contributed by atoms with van der Waals surface area (Å²) >= 11 is 0. The van der Waals surface area contributed by atoms with Crippen molar-refractivity contribution in [2.75, 3.05) is 7.11 Å². The summed E-state index contributed by atoms with van der Waals surface area (Å²) in [6.45, 7) is 0. The Morgan fingerprint density at radius 1 is 1.50 bits per heavy atom. The number of methoxy groups -OCH3 is 1. The van der Waals surface area contributed by atoms with Crippen LogP contribution in [0.4, 0.5) is 4.39 Å². The highest BCUT2D eigenvalue weighted by Gasteiger charge is 2.40. The van der Waals surface area contributed by atoms with E-state index in [2.05, 4.69) is 6.07 Å².